The van der Waals surface area contributed by atoms with E-state index in [1.54, 1.807) is 0 Å². The first-order valence-electron chi connectivity index (χ1n) is 15.9. The van der Waals surface area contributed by atoms with Crippen LogP contribution in [0.25, 0.3) is 33.4 Å². The Morgan fingerprint density at radius 3 is 2.04 bits per heavy atom. The van der Waals surface area contributed by atoms with Gasteiger partial charge in [0.1, 0.15) is 11.5 Å². The zero-order chi connectivity index (χ0) is 31.0. The Kier molecular flexibility index (Phi) is 10.3. The molecule has 2 aliphatic rings. The first-order valence-corrected chi connectivity index (χ1v) is 17.8. The average Bonchev–Trinajstić information content (AvgIpc) is 3.08. The van der Waals surface area contributed by atoms with Crippen molar-refractivity contribution in [3.8, 4) is 33.8 Å². The Labute approximate surface area is 276 Å². The van der Waals surface area contributed by atoms with Crippen molar-refractivity contribution >= 4 is 34.7 Å². The van der Waals surface area contributed by atoms with E-state index in [2.05, 4.69) is 73.7 Å². The molecule has 0 bridgehead atoms. The third-order valence-electron chi connectivity index (χ3n) is 8.52. The lowest BCUT2D eigenvalue weighted by atomic mass is 9.92. The van der Waals surface area contributed by atoms with Gasteiger partial charge in [0.2, 0.25) is 0 Å². The fourth-order valence-corrected chi connectivity index (χ4v) is 8.68. The lowest BCUT2D eigenvalue weighted by Gasteiger charge is -2.24. The molecule has 228 valence electrons. The maximum atomic E-state index is 11.3. The SMILES string of the molecule is CC(CCCSC1CC=CC=C1c1cccc(-c2ccccc2)c1O)SC1=C(c2cccc(-c3ccccc3)c2O)CCC=C1. The van der Waals surface area contributed by atoms with Crippen LogP contribution in [0.2, 0.25) is 0 Å². The third kappa shape index (κ3) is 7.35. The van der Waals surface area contributed by atoms with Crippen LogP contribution in [0.4, 0.5) is 0 Å². The summed E-state index contributed by atoms with van der Waals surface area (Å²) in [5, 5.41) is 23.4. The Morgan fingerprint density at radius 1 is 0.733 bits per heavy atom. The van der Waals surface area contributed by atoms with Gasteiger partial charge in [-0.3, -0.25) is 0 Å². The van der Waals surface area contributed by atoms with Crippen LogP contribution in [0.3, 0.4) is 0 Å². The number of rotatable bonds is 11. The van der Waals surface area contributed by atoms with Gasteiger partial charge >= 0.3 is 0 Å². The van der Waals surface area contributed by atoms with Crippen molar-refractivity contribution in [2.24, 2.45) is 0 Å². The van der Waals surface area contributed by atoms with Gasteiger partial charge in [-0.15, -0.1) is 11.8 Å². The van der Waals surface area contributed by atoms with Gasteiger partial charge in [0.15, 0.2) is 0 Å². The minimum atomic E-state index is 0.324. The van der Waals surface area contributed by atoms with Crippen LogP contribution in [0, 0.1) is 0 Å². The van der Waals surface area contributed by atoms with Crippen molar-refractivity contribution < 1.29 is 10.2 Å². The number of allylic oxidation sites excluding steroid dienone is 6. The van der Waals surface area contributed by atoms with E-state index in [9.17, 15) is 10.2 Å². The number of phenolic OH excluding ortho intramolecular Hbond substituents is 2. The number of hydrogen-bond acceptors (Lipinski definition) is 4. The molecule has 6 rings (SSSR count). The Balaban J connectivity index is 1.09. The highest BCUT2D eigenvalue weighted by Gasteiger charge is 2.22. The van der Waals surface area contributed by atoms with E-state index in [1.807, 2.05) is 84.2 Å². The molecule has 2 atom stereocenters. The Bertz CT molecular complexity index is 1730. The zero-order valence-electron chi connectivity index (χ0n) is 25.7. The van der Waals surface area contributed by atoms with Crippen LogP contribution >= 0.6 is 23.5 Å². The quantitative estimate of drug-likeness (QED) is 0.162. The molecule has 0 radical (unpaired) electrons. The van der Waals surface area contributed by atoms with Gasteiger partial charge in [-0.25, -0.2) is 0 Å². The van der Waals surface area contributed by atoms with Gasteiger partial charge in [-0.1, -0.05) is 134 Å². The van der Waals surface area contributed by atoms with Gasteiger partial charge in [0.25, 0.3) is 0 Å². The van der Waals surface area contributed by atoms with Crippen molar-refractivity contribution in [1.29, 1.82) is 0 Å². The first-order chi connectivity index (χ1) is 22.1. The highest BCUT2D eigenvalue weighted by Crippen LogP contribution is 2.44. The highest BCUT2D eigenvalue weighted by atomic mass is 32.2. The monoisotopic (exact) mass is 628 g/mol. The van der Waals surface area contributed by atoms with Gasteiger partial charge in [0.05, 0.1) is 0 Å². The molecule has 0 saturated carbocycles. The molecule has 4 heteroatoms. The van der Waals surface area contributed by atoms with E-state index >= 15 is 0 Å². The van der Waals surface area contributed by atoms with Gasteiger partial charge in [-0.05, 0) is 60.1 Å². The largest absolute Gasteiger partial charge is 0.507 e. The standard InChI is InChI=1S/C41H40O2S2/c1-29(45-39-27-11-9-21-35(39)37-25-13-23-33(41(37)43)31-18-6-3-7-19-31)15-14-28-44-38-26-10-8-20-34(38)36-24-12-22-32(40(36)42)30-16-4-2-5-17-30/h2-8,10-13,16-20,22-25,27,29,38,42-43H,9,14-15,21,26,28H2,1H3. The van der Waals surface area contributed by atoms with E-state index in [0.717, 1.165) is 71.2 Å². The third-order valence-corrected chi connectivity index (χ3v) is 11.2. The summed E-state index contributed by atoms with van der Waals surface area (Å²) < 4.78 is 0. The van der Waals surface area contributed by atoms with Crippen molar-refractivity contribution in [1.82, 2.24) is 0 Å². The predicted molar refractivity (Wildman–Crippen MR) is 197 cm³/mol. The zero-order valence-corrected chi connectivity index (χ0v) is 27.4. The molecule has 4 aromatic carbocycles. The van der Waals surface area contributed by atoms with Crippen LogP contribution in [-0.4, -0.2) is 26.5 Å². The molecule has 0 spiro atoms. The highest BCUT2D eigenvalue weighted by molar-refractivity contribution is 8.04. The molecule has 0 aromatic heterocycles. The summed E-state index contributed by atoms with van der Waals surface area (Å²) in [6.07, 6.45) is 16.2. The molecule has 0 amide bonds. The summed E-state index contributed by atoms with van der Waals surface area (Å²) in [7, 11) is 0. The van der Waals surface area contributed by atoms with Gasteiger partial charge in [0, 0.05) is 37.7 Å². The smallest absolute Gasteiger partial charge is 0.130 e. The lowest BCUT2D eigenvalue weighted by molar-refractivity contribution is 0.475. The summed E-state index contributed by atoms with van der Waals surface area (Å²) in [6.45, 7) is 2.32. The number of para-hydroxylation sites is 2. The normalized spacial score (nSPS) is 16.9. The fourth-order valence-electron chi connectivity index (χ4n) is 6.19. The second-order valence-corrected chi connectivity index (χ2v) is 14.4. The maximum absolute atomic E-state index is 11.3. The topological polar surface area (TPSA) is 40.5 Å². The van der Waals surface area contributed by atoms with Crippen LogP contribution in [-0.2, 0) is 0 Å². The molecule has 0 fully saturated rings. The molecular weight excluding hydrogens is 589 g/mol. The molecular formula is C41H40O2S2. The molecule has 2 N–H and O–H groups in total. The van der Waals surface area contributed by atoms with E-state index in [-0.39, 0.29) is 0 Å². The molecule has 2 nitrogen and oxygen atoms in total. The number of benzene rings is 4. The van der Waals surface area contributed by atoms with Crippen molar-refractivity contribution in [2.45, 2.75) is 49.5 Å². The van der Waals surface area contributed by atoms with Crippen LogP contribution < -0.4 is 0 Å². The molecule has 0 saturated heterocycles. The maximum Gasteiger partial charge on any atom is 0.130 e. The van der Waals surface area contributed by atoms with E-state index < -0.39 is 0 Å². The first kappa shape index (κ1) is 31.1. The molecule has 2 aliphatic carbocycles. The summed E-state index contributed by atoms with van der Waals surface area (Å²) >= 11 is 3.93. The van der Waals surface area contributed by atoms with E-state index in [0.29, 0.717) is 22.0 Å². The molecule has 2 unspecified atom stereocenters. The minimum Gasteiger partial charge on any atom is -0.507 e. The van der Waals surface area contributed by atoms with Crippen molar-refractivity contribution in [3.05, 3.63) is 143 Å². The number of thioether (sulfide) groups is 2. The summed E-state index contributed by atoms with van der Waals surface area (Å²) in [5.74, 6) is 1.81. The van der Waals surface area contributed by atoms with E-state index in [4.69, 9.17) is 0 Å². The molecule has 4 aromatic rings. The lowest BCUT2D eigenvalue weighted by Crippen LogP contribution is -2.09. The molecule has 0 heterocycles. The average molecular weight is 629 g/mol. The van der Waals surface area contributed by atoms with Gasteiger partial charge in [-0.2, -0.15) is 11.8 Å². The Hall–Kier alpha value is -3.86. The second kappa shape index (κ2) is 14.9. The number of hydrogen-bond donors (Lipinski definition) is 2. The van der Waals surface area contributed by atoms with Crippen molar-refractivity contribution in [2.75, 3.05) is 5.75 Å². The van der Waals surface area contributed by atoms with Gasteiger partial charge < -0.3 is 10.2 Å². The number of phenols is 2. The van der Waals surface area contributed by atoms with Crippen LogP contribution in [0.15, 0.2) is 132 Å². The summed E-state index contributed by atoms with van der Waals surface area (Å²) in [6, 6.07) is 32.5. The number of aromatic hydroxyl groups is 2. The molecule has 0 aliphatic heterocycles. The second-order valence-electron chi connectivity index (χ2n) is 11.6. The van der Waals surface area contributed by atoms with E-state index in [1.165, 1.54) is 16.1 Å². The summed E-state index contributed by atoms with van der Waals surface area (Å²) in [4.78, 5) is 1.28. The summed E-state index contributed by atoms with van der Waals surface area (Å²) in [5.41, 5.74) is 8.18. The fraction of sp³-hybridized carbons (Fsp3) is 0.220. The Morgan fingerprint density at radius 2 is 1.36 bits per heavy atom. The minimum absolute atomic E-state index is 0.324. The van der Waals surface area contributed by atoms with Crippen molar-refractivity contribution in [3.63, 3.8) is 0 Å². The van der Waals surface area contributed by atoms with Crippen LogP contribution in [0.1, 0.15) is 50.2 Å². The van der Waals surface area contributed by atoms with Crippen LogP contribution in [0.5, 0.6) is 11.5 Å². The predicted octanol–water partition coefficient (Wildman–Crippen LogP) is 11.5. The molecule has 45 heavy (non-hydrogen) atoms.